The number of allylic oxidation sites excluding steroid dienone is 6. The maximum Gasteiger partial charge on any atom is 0.0619 e. The molecule has 2 heteroatoms. The average molecular weight is 186 g/mol. The van der Waals surface area contributed by atoms with Gasteiger partial charge in [0.15, 0.2) is 0 Å². The summed E-state index contributed by atoms with van der Waals surface area (Å²) >= 11 is 0. The molecule has 2 nitrogen and oxygen atoms in total. The zero-order valence-electron chi connectivity index (χ0n) is 8.46. The second-order valence-electron chi connectivity index (χ2n) is 3.56. The summed E-state index contributed by atoms with van der Waals surface area (Å²) in [5, 5.41) is 6.48. The van der Waals surface area contributed by atoms with Gasteiger partial charge in [-0.25, -0.2) is 0 Å². The lowest BCUT2D eigenvalue weighted by Crippen LogP contribution is -2.17. The summed E-state index contributed by atoms with van der Waals surface area (Å²) in [6.07, 6.45) is 12.4. The van der Waals surface area contributed by atoms with E-state index in [2.05, 4.69) is 48.8 Å². The Labute approximate surface area is 84.4 Å². The Hall–Kier alpha value is -1.70. The molecule has 0 saturated carbocycles. The first-order valence-corrected chi connectivity index (χ1v) is 4.73. The summed E-state index contributed by atoms with van der Waals surface area (Å²) in [4.78, 5) is 0. The summed E-state index contributed by atoms with van der Waals surface area (Å²) < 4.78 is 0. The van der Waals surface area contributed by atoms with E-state index in [0.29, 0.717) is 0 Å². The predicted molar refractivity (Wildman–Crippen MR) is 59.1 cm³/mol. The summed E-state index contributed by atoms with van der Waals surface area (Å²) in [6, 6.07) is 0. The molecule has 0 spiro atoms. The molecule has 0 aromatic carbocycles. The molecule has 0 bridgehead atoms. The molecule has 2 N–H and O–H groups in total. The Morgan fingerprint density at radius 2 is 1.14 bits per heavy atom. The fourth-order valence-electron chi connectivity index (χ4n) is 1.34. The van der Waals surface area contributed by atoms with E-state index in [0.717, 1.165) is 11.4 Å². The van der Waals surface area contributed by atoms with Gasteiger partial charge in [0.1, 0.15) is 0 Å². The maximum absolute atomic E-state index is 3.24. The van der Waals surface area contributed by atoms with Crippen LogP contribution in [0.1, 0.15) is 13.8 Å². The van der Waals surface area contributed by atoms with Crippen molar-refractivity contribution in [1.82, 2.24) is 10.6 Å². The van der Waals surface area contributed by atoms with Gasteiger partial charge in [0.25, 0.3) is 0 Å². The summed E-state index contributed by atoms with van der Waals surface area (Å²) in [5.41, 5.74) is 4.69. The third-order valence-corrected chi connectivity index (χ3v) is 2.23. The van der Waals surface area contributed by atoms with Gasteiger partial charge in [0.2, 0.25) is 0 Å². The molecule has 0 atom stereocenters. The molecular formula is C12H14N2. The molecular weight excluding hydrogens is 172 g/mol. The highest BCUT2D eigenvalue weighted by Gasteiger charge is 2.04. The monoisotopic (exact) mass is 186 g/mol. The number of nitrogens with one attached hydrogen (secondary N) is 2. The first-order chi connectivity index (χ1) is 6.75. The van der Waals surface area contributed by atoms with Gasteiger partial charge in [-0.05, 0) is 37.1 Å². The first kappa shape index (κ1) is 8.88. The first-order valence-electron chi connectivity index (χ1n) is 4.73. The van der Waals surface area contributed by atoms with E-state index in [-0.39, 0.29) is 0 Å². The molecule has 14 heavy (non-hydrogen) atoms. The van der Waals surface area contributed by atoms with E-state index in [1.807, 2.05) is 12.4 Å². The van der Waals surface area contributed by atoms with Crippen LogP contribution in [0.15, 0.2) is 59.2 Å². The molecule has 2 heterocycles. The number of hydrogen-bond donors (Lipinski definition) is 2. The van der Waals surface area contributed by atoms with Gasteiger partial charge in [0, 0.05) is 12.4 Å². The standard InChI is InChI=1S/C12H14N2/c1-9-3-5-11(13-7-9)12-6-4-10(2)8-14-12/h3-8,13-14H,1-2H3. The highest BCUT2D eigenvalue weighted by Crippen LogP contribution is 2.13. The van der Waals surface area contributed by atoms with E-state index < -0.39 is 0 Å². The minimum absolute atomic E-state index is 1.11. The Morgan fingerprint density at radius 3 is 1.43 bits per heavy atom. The molecule has 0 saturated heterocycles. The van der Waals surface area contributed by atoms with Crippen molar-refractivity contribution in [2.45, 2.75) is 13.8 Å². The highest BCUT2D eigenvalue weighted by molar-refractivity contribution is 5.42. The minimum atomic E-state index is 1.11. The minimum Gasteiger partial charge on any atom is -0.360 e. The quantitative estimate of drug-likeness (QED) is 0.606. The van der Waals surface area contributed by atoms with Crippen molar-refractivity contribution in [2.24, 2.45) is 0 Å². The van der Waals surface area contributed by atoms with Crippen molar-refractivity contribution in [3.8, 4) is 0 Å². The van der Waals surface area contributed by atoms with Crippen LogP contribution in [-0.4, -0.2) is 0 Å². The van der Waals surface area contributed by atoms with Crippen LogP contribution >= 0.6 is 0 Å². The van der Waals surface area contributed by atoms with Gasteiger partial charge >= 0.3 is 0 Å². The van der Waals surface area contributed by atoms with Crippen LogP contribution in [0, 0.1) is 0 Å². The maximum atomic E-state index is 3.24. The lowest BCUT2D eigenvalue weighted by atomic mass is 10.1. The summed E-state index contributed by atoms with van der Waals surface area (Å²) in [5.74, 6) is 0. The zero-order chi connectivity index (χ0) is 9.97. The van der Waals surface area contributed by atoms with E-state index in [9.17, 15) is 0 Å². The molecule has 2 aliphatic heterocycles. The Bertz CT molecular complexity index is 355. The van der Waals surface area contributed by atoms with Crippen LogP contribution in [0.2, 0.25) is 0 Å². The zero-order valence-corrected chi connectivity index (χ0v) is 8.46. The Kier molecular flexibility index (Phi) is 2.27. The smallest absolute Gasteiger partial charge is 0.0619 e. The lowest BCUT2D eigenvalue weighted by Gasteiger charge is -2.15. The van der Waals surface area contributed by atoms with Crippen LogP contribution < -0.4 is 10.6 Å². The molecule has 0 unspecified atom stereocenters. The largest absolute Gasteiger partial charge is 0.360 e. The molecule has 2 rings (SSSR count). The van der Waals surface area contributed by atoms with Gasteiger partial charge in [-0.15, -0.1) is 0 Å². The fourth-order valence-corrected chi connectivity index (χ4v) is 1.34. The third kappa shape index (κ3) is 1.79. The SMILES string of the molecule is CC1=CNC(=C2C=CC(C)=CN2)C=C1. The van der Waals surface area contributed by atoms with Crippen molar-refractivity contribution in [2.75, 3.05) is 0 Å². The molecule has 0 aromatic heterocycles. The van der Waals surface area contributed by atoms with Gasteiger partial charge in [0.05, 0.1) is 11.4 Å². The molecule has 0 aromatic rings. The third-order valence-electron chi connectivity index (χ3n) is 2.23. The average Bonchev–Trinajstić information content (AvgIpc) is 2.21. The molecule has 0 fully saturated rings. The normalized spacial score (nSPS) is 25.0. The second kappa shape index (κ2) is 3.58. The summed E-state index contributed by atoms with van der Waals surface area (Å²) in [7, 11) is 0. The van der Waals surface area contributed by atoms with Crippen LogP contribution in [0.25, 0.3) is 0 Å². The molecule has 0 aliphatic carbocycles. The lowest BCUT2D eigenvalue weighted by molar-refractivity contribution is 0.969. The van der Waals surface area contributed by atoms with Gasteiger partial charge in [-0.2, -0.15) is 0 Å². The Balaban J connectivity index is 2.21. The predicted octanol–water partition coefficient (Wildman–Crippen LogP) is 2.32. The van der Waals surface area contributed by atoms with Gasteiger partial charge < -0.3 is 10.6 Å². The van der Waals surface area contributed by atoms with E-state index in [1.54, 1.807) is 0 Å². The number of dihydropyridines is 2. The van der Waals surface area contributed by atoms with Crippen molar-refractivity contribution in [1.29, 1.82) is 0 Å². The topological polar surface area (TPSA) is 24.1 Å². The van der Waals surface area contributed by atoms with Gasteiger partial charge in [-0.3, -0.25) is 0 Å². The second-order valence-corrected chi connectivity index (χ2v) is 3.56. The fraction of sp³-hybridized carbons (Fsp3) is 0.167. The molecule has 72 valence electrons. The van der Waals surface area contributed by atoms with Crippen molar-refractivity contribution >= 4 is 0 Å². The van der Waals surface area contributed by atoms with Crippen molar-refractivity contribution in [3.05, 3.63) is 59.2 Å². The van der Waals surface area contributed by atoms with Crippen LogP contribution in [0.4, 0.5) is 0 Å². The van der Waals surface area contributed by atoms with Crippen LogP contribution in [0.3, 0.4) is 0 Å². The van der Waals surface area contributed by atoms with Crippen molar-refractivity contribution < 1.29 is 0 Å². The van der Waals surface area contributed by atoms with E-state index in [4.69, 9.17) is 0 Å². The molecule has 0 amide bonds. The van der Waals surface area contributed by atoms with Crippen LogP contribution in [0.5, 0.6) is 0 Å². The van der Waals surface area contributed by atoms with E-state index >= 15 is 0 Å². The van der Waals surface area contributed by atoms with E-state index in [1.165, 1.54) is 11.1 Å². The Morgan fingerprint density at radius 1 is 0.714 bits per heavy atom. The number of hydrogen-bond acceptors (Lipinski definition) is 2. The molecule has 0 radical (unpaired) electrons. The molecule has 2 aliphatic rings. The van der Waals surface area contributed by atoms with Crippen molar-refractivity contribution in [3.63, 3.8) is 0 Å². The van der Waals surface area contributed by atoms with Gasteiger partial charge in [-0.1, -0.05) is 12.2 Å². The highest BCUT2D eigenvalue weighted by atomic mass is 14.9. The summed E-state index contributed by atoms with van der Waals surface area (Å²) in [6.45, 7) is 4.14. The number of rotatable bonds is 0. The van der Waals surface area contributed by atoms with Crippen LogP contribution in [-0.2, 0) is 0 Å².